The van der Waals surface area contributed by atoms with Crippen LogP contribution in [0, 0.1) is 11.3 Å². The average molecular weight is 409 g/mol. The summed E-state index contributed by atoms with van der Waals surface area (Å²) in [6.45, 7) is 1.78. The number of hydrogen-bond donors (Lipinski definition) is 3. The Bertz CT molecular complexity index is 1470. The van der Waals surface area contributed by atoms with E-state index in [0.29, 0.717) is 46.0 Å². The molecule has 0 radical (unpaired) electrons. The van der Waals surface area contributed by atoms with E-state index in [4.69, 9.17) is 0 Å². The molecule has 0 saturated carbocycles. The van der Waals surface area contributed by atoms with E-state index in [0.717, 1.165) is 16.5 Å². The predicted octanol–water partition coefficient (Wildman–Crippen LogP) is 3.18. The third-order valence-electron chi connectivity index (χ3n) is 4.85. The second-order valence-electron chi connectivity index (χ2n) is 6.81. The van der Waals surface area contributed by atoms with E-state index in [-0.39, 0.29) is 5.91 Å². The number of aromatic amines is 2. The lowest BCUT2D eigenvalue weighted by Crippen LogP contribution is -2.10. The Labute approximate surface area is 175 Å². The number of hydrogen-bond acceptors (Lipinski definition) is 7. The van der Waals surface area contributed by atoms with Crippen LogP contribution in [0.2, 0.25) is 0 Å². The van der Waals surface area contributed by atoms with Crippen molar-refractivity contribution >= 4 is 33.8 Å². The summed E-state index contributed by atoms with van der Waals surface area (Å²) in [6.07, 6.45) is 6.89. The average Bonchev–Trinajstić information content (AvgIpc) is 3.42. The summed E-state index contributed by atoms with van der Waals surface area (Å²) in [7, 11) is 0. The number of nitriles is 1. The number of amides is 1. The Kier molecular flexibility index (Phi) is 4.33. The Hall–Kier alpha value is -4.65. The molecule has 0 fully saturated rings. The molecule has 0 bridgehead atoms. The molecule has 1 amide bonds. The highest BCUT2D eigenvalue weighted by molar-refractivity contribution is 5.94. The molecule has 5 aromatic heterocycles. The van der Waals surface area contributed by atoms with Gasteiger partial charge in [-0.05, 0) is 18.2 Å². The number of rotatable bonds is 4. The first-order valence-electron chi connectivity index (χ1n) is 9.51. The second kappa shape index (κ2) is 7.31. The van der Waals surface area contributed by atoms with E-state index in [2.05, 4.69) is 46.5 Å². The molecule has 5 rings (SSSR count). The fraction of sp³-hybridized carbons (Fsp3) is 0.0952. The van der Waals surface area contributed by atoms with Gasteiger partial charge in [0.05, 0.1) is 22.7 Å². The van der Waals surface area contributed by atoms with Gasteiger partial charge in [0.1, 0.15) is 23.1 Å². The predicted molar refractivity (Wildman–Crippen MR) is 114 cm³/mol. The van der Waals surface area contributed by atoms with Crippen molar-refractivity contribution in [3.05, 3.63) is 48.5 Å². The lowest BCUT2D eigenvalue weighted by molar-refractivity contribution is -0.115. The molecule has 0 aliphatic rings. The minimum atomic E-state index is -0.0908. The number of aromatic nitrogens is 7. The van der Waals surface area contributed by atoms with Crippen LogP contribution in [0.15, 0.2) is 43.0 Å². The highest BCUT2D eigenvalue weighted by Crippen LogP contribution is 2.29. The number of imidazole rings is 1. The lowest BCUT2D eigenvalue weighted by Gasteiger charge is -2.05. The van der Waals surface area contributed by atoms with Crippen LogP contribution in [0.3, 0.4) is 0 Å². The molecule has 0 atom stereocenters. The minimum absolute atomic E-state index is 0.0908. The molecular formula is C21H15N9O. The van der Waals surface area contributed by atoms with Crippen molar-refractivity contribution in [2.75, 3.05) is 5.32 Å². The number of fused-ring (bicyclic) bond motifs is 2. The van der Waals surface area contributed by atoms with E-state index in [9.17, 15) is 10.1 Å². The summed E-state index contributed by atoms with van der Waals surface area (Å²) >= 11 is 0. The Morgan fingerprint density at radius 3 is 2.81 bits per heavy atom. The fourth-order valence-corrected chi connectivity index (χ4v) is 3.24. The van der Waals surface area contributed by atoms with Gasteiger partial charge < -0.3 is 10.3 Å². The maximum absolute atomic E-state index is 11.5. The molecule has 10 nitrogen and oxygen atoms in total. The number of H-pyrrole nitrogens is 2. The fourth-order valence-electron chi connectivity index (χ4n) is 3.24. The molecular weight excluding hydrogens is 394 g/mol. The van der Waals surface area contributed by atoms with Crippen LogP contribution in [-0.2, 0) is 4.79 Å². The monoisotopic (exact) mass is 409 g/mol. The van der Waals surface area contributed by atoms with Gasteiger partial charge in [0.15, 0.2) is 11.5 Å². The molecule has 0 saturated heterocycles. The van der Waals surface area contributed by atoms with Crippen molar-refractivity contribution in [3.63, 3.8) is 0 Å². The van der Waals surface area contributed by atoms with Crippen LogP contribution in [-0.4, -0.2) is 41.0 Å². The van der Waals surface area contributed by atoms with Gasteiger partial charge in [0.2, 0.25) is 5.91 Å². The second-order valence-corrected chi connectivity index (χ2v) is 6.81. The van der Waals surface area contributed by atoms with Gasteiger partial charge in [-0.25, -0.2) is 15.0 Å². The van der Waals surface area contributed by atoms with Crippen LogP contribution in [0.25, 0.3) is 44.7 Å². The maximum atomic E-state index is 11.5. The summed E-state index contributed by atoms with van der Waals surface area (Å²) < 4.78 is 0. The molecule has 5 aromatic rings. The van der Waals surface area contributed by atoms with Gasteiger partial charge in [-0.1, -0.05) is 6.92 Å². The minimum Gasteiger partial charge on any atom is -0.335 e. The largest absolute Gasteiger partial charge is 0.335 e. The van der Waals surface area contributed by atoms with Crippen LogP contribution in [0.1, 0.15) is 18.9 Å². The molecule has 0 spiro atoms. The third kappa shape index (κ3) is 3.24. The van der Waals surface area contributed by atoms with Crippen molar-refractivity contribution < 1.29 is 4.79 Å². The third-order valence-corrected chi connectivity index (χ3v) is 4.85. The zero-order valence-corrected chi connectivity index (χ0v) is 16.3. The summed E-state index contributed by atoms with van der Waals surface area (Å²) in [6, 6.07) is 7.66. The number of pyridine rings is 3. The molecule has 5 heterocycles. The van der Waals surface area contributed by atoms with Gasteiger partial charge in [-0.2, -0.15) is 10.4 Å². The summed E-state index contributed by atoms with van der Waals surface area (Å²) in [5.74, 6) is 0.946. The molecule has 31 heavy (non-hydrogen) atoms. The van der Waals surface area contributed by atoms with Gasteiger partial charge in [0, 0.05) is 36.1 Å². The van der Waals surface area contributed by atoms with Gasteiger partial charge >= 0.3 is 0 Å². The quantitative estimate of drug-likeness (QED) is 0.413. The van der Waals surface area contributed by atoms with Crippen LogP contribution in [0.5, 0.6) is 0 Å². The molecule has 10 heteroatoms. The lowest BCUT2D eigenvalue weighted by atomic mass is 10.1. The highest BCUT2D eigenvalue weighted by atomic mass is 16.1. The number of carbonyl (C=O) groups excluding carboxylic acids is 1. The number of nitrogens with one attached hydrogen (secondary N) is 3. The van der Waals surface area contributed by atoms with E-state index in [1.807, 2.05) is 12.1 Å². The van der Waals surface area contributed by atoms with Crippen LogP contribution in [0.4, 0.5) is 5.82 Å². The summed E-state index contributed by atoms with van der Waals surface area (Å²) in [5.41, 5.74) is 4.48. The van der Waals surface area contributed by atoms with Crippen molar-refractivity contribution in [2.24, 2.45) is 0 Å². The van der Waals surface area contributed by atoms with Crippen molar-refractivity contribution in [2.45, 2.75) is 13.3 Å². The first-order valence-corrected chi connectivity index (χ1v) is 9.51. The number of anilines is 1. The Morgan fingerprint density at radius 1 is 1.16 bits per heavy atom. The van der Waals surface area contributed by atoms with Crippen molar-refractivity contribution in [1.82, 2.24) is 35.1 Å². The van der Waals surface area contributed by atoms with E-state index >= 15 is 0 Å². The zero-order valence-electron chi connectivity index (χ0n) is 16.3. The molecule has 0 aliphatic carbocycles. The first-order chi connectivity index (χ1) is 15.2. The van der Waals surface area contributed by atoms with Crippen LogP contribution >= 0.6 is 0 Å². The van der Waals surface area contributed by atoms with E-state index in [1.165, 1.54) is 6.20 Å². The SMILES string of the molecule is CCC(=O)Nc1ccc(-c2cnc3n[nH]c(-c4nc5c(C#N)cncc5[nH]4)c3c2)cn1. The molecule has 3 N–H and O–H groups in total. The normalized spacial score (nSPS) is 11.0. The highest BCUT2D eigenvalue weighted by Gasteiger charge is 2.15. The number of carbonyl (C=O) groups is 1. The standard InChI is InChI=1S/C21H15N9O/c1-2-17(31)27-16-4-3-11(8-24-16)12-5-14-19(29-30-20(14)25-9-12)21-26-15-10-23-7-13(6-22)18(15)28-21/h3-5,7-10H,2H2,1H3,(H,26,28)(H,24,27,31)(H,25,29,30). The smallest absolute Gasteiger partial charge is 0.225 e. The van der Waals surface area contributed by atoms with Gasteiger partial charge in [-0.3, -0.25) is 14.9 Å². The maximum Gasteiger partial charge on any atom is 0.225 e. The topological polar surface area (TPSA) is 149 Å². The van der Waals surface area contributed by atoms with E-state index < -0.39 is 0 Å². The summed E-state index contributed by atoms with van der Waals surface area (Å²) in [5, 5.41) is 20.0. The van der Waals surface area contributed by atoms with Gasteiger partial charge in [0.25, 0.3) is 0 Å². The van der Waals surface area contributed by atoms with Gasteiger partial charge in [-0.15, -0.1) is 0 Å². The zero-order chi connectivity index (χ0) is 21.4. The first kappa shape index (κ1) is 18.4. The Balaban J connectivity index is 1.55. The Morgan fingerprint density at radius 2 is 2.03 bits per heavy atom. The van der Waals surface area contributed by atoms with E-state index in [1.54, 1.807) is 31.6 Å². The molecule has 150 valence electrons. The van der Waals surface area contributed by atoms with Crippen LogP contribution < -0.4 is 5.32 Å². The molecule has 0 unspecified atom stereocenters. The molecule has 0 aliphatic heterocycles. The van der Waals surface area contributed by atoms with Crippen molar-refractivity contribution in [3.8, 4) is 28.7 Å². The number of nitrogens with zero attached hydrogens (tertiary/aromatic N) is 6. The summed E-state index contributed by atoms with van der Waals surface area (Å²) in [4.78, 5) is 32.1. The van der Waals surface area contributed by atoms with Crippen molar-refractivity contribution in [1.29, 1.82) is 5.26 Å². The molecule has 0 aromatic carbocycles.